The summed E-state index contributed by atoms with van der Waals surface area (Å²) in [5, 5.41) is 10.9. The van der Waals surface area contributed by atoms with Gasteiger partial charge in [-0.25, -0.2) is 4.31 Å². The zero-order valence-electron chi connectivity index (χ0n) is 16.8. The molecule has 1 N–H and O–H groups in total. The van der Waals surface area contributed by atoms with Crippen LogP contribution >= 0.6 is 12.1 Å². The van der Waals surface area contributed by atoms with Crippen molar-refractivity contribution >= 4 is 28.7 Å². The van der Waals surface area contributed by atoms with Crippen molar-refractivity contribution in [2.75, 3.05) is 24.9 Å². The first-order chi connectivity index (χ1) is 13.7. The van der Waals surface area contributed by atoms with Crippen molar-refractivity contribution in [3.63, 3.8) is 0 Å². The predicted molar refractivity (Wildman–Crippen MR) is 118 cm³/mol. The maximum Gasteiger partial charge on any atom is 0.120 e. The number of methoxy groups -OCH3 is 1. The Balaban J connectivity index is 2.08. The third-order valence-corrected chi connectivity index (χ3v) is 5.94. The topological polar surface area (TPSA) is 53.2 Å². The number of fused-ring (bicyclic) bond motifs is 1. The molecule has 0 aliphatic carbocycles. The van der Waals surface area contributed by atoms with Gasteiger partial charge in [-0.15, -0.1) is 0 Å². The van der Waals surface area contributed by atoms with Crippen LogP contribution in [0.5, 0.6) is 5.75 Å². The minimum Gasteiger partial charge on any atom is -0.497 e. The minimum absolute atomic E-state index is 0.702. The van der Waals surface area contributed by atoms with Crippen molar-refractivity contribution in [1.82, 2.24) is 8.87 Å². The highest BCUT2D eigenvalue weighted by molar-refractivity contribution is 7.98. The molecular weight excluding hydrogens is 368 g/mol. The van der Waals surface area contributed by atoms with E-state index in [-0.39, 0.29) is 0 Å². The highest BCUT2D eigenvalue weighted by Gasteiger charge is 2.18. The molecule has 1 aromatic heterocycles. The number of hydrogen-bond donors (Lipinski definition) is 1. The van der Waals surface area contributed by atoms with Gasteiger partial charge in [-0.05, 0) is 31.2 Å². The standard InChI is InChI=1S/C22H26N4OS/c1-5-25(6-2)28-24-17-10-8-9-16(13-17)22-20(15-23)19-12-11-18(27-4)14-21(19)26(22)7-3/h8-14,24H,5-7H2,1-4H3. The van der Waals surface area contributed by atoms with Crippen molar-refractivity contribution in [2.24, 2.45) is 0 Å². The second-order valence-corrected chi connectivity index (χ2v) is 7.25. The van der Waals surface area contributed by atoms with Gasteiger partial charge in [-0.1, -0.05) is 26.0 Å². The molecule has 0 aliphatic rings. The molecular formula is C22H26N4OS. The van der Waals surface area contributed by atoms with Gasteiger partial charge in [-0.2, -0.15) is 5.26 Å². The number of aromatic nitrogens is 1. The zero-order valence-corrected chi connectivity index (χ0v) is 17.6. The molecule has 3 aromatic rings. The van der Waals surface area contributed by atoms with E-state index in [0.717, 1.165) is 53.2 Å². The number of anilines is 1. The summed E-state index contributed by atoms with van der Waals surface area (Å²) < 4.78 is 13.2. The first-order valence-corrected chi connectivity index (χ1v) is 10.3. The average molecular weight is 395 g/mol. The van der Waals surface area contributed by atoms with E-state index in [2.05, 4.69) is 52.6 Å². The predicted octanol–water partition coefficient (Wildman–Crippen LogP) is 5.53. The summed E-state index contributed by atoms with van der Waals surface area (Å²) in [5.41, 5.74) is 4.71. The fourth-order valence-corrected chi connectivity index (χ4v) is 4.02. The van der Waals surface area contributed by atoms with Crippen molar-refractivity contribution in [3.05, 3.63) is 48.0 Å². The molecule has 28 heavy (non-hydrogen) atoms. The van der Waals surface area contributed by atoms with Crippen LogP contribution in [0, 0.1) is 11.3 Å². The summed E-state index contributed by atoms with van der Waals surface area (Å²) in [7, 11) is 1.66. The highest BCUT2D eigenvalue weighted by atomic mass is 32.2. The Morgan fingerprint density at radius 3 is 2.57 bits per heavy atom. The summed E-state index contributed by atoms with van der Waals surface area (Å²) in [6, 6.07) is 16.5. The quantitative estimate of drug-likeness (QED) is 0.509. The van der Waals surface area contributed by atoms with Crippen molar-refractivity contribution in [3.8, 4) is 23.1 Å². The van der Waals surface area contributed by atoms with E-state index in [1.165, 1.54) is 0 Å². The smallest absolute Gasteiger partial charge is 0.120 e. The number of nitriles is 1. The number of benzene rings is 2. The lowest BCUT2D eigenvalue weighted by Gasteiger charge is -2.17. The number of rotatable bonds is 8. The lowest BCUT2D eigenvalue weighted by molar-refractivity contribution is 0.415. The van der Waals surface area contributed by atoms with Crippen LogP contribution < -0.4 is 9.46 Å². The molecule has 0 atom stereocenters. The van der Waals surface area contributed by atoms with E-state index in [9.17, 15) is 5.26 Å². The first-order valence-electron chi connectivity index (χ1n) is 9.55. The number of nitrogens with one attached hydrogen (secondary N) is 1. The molecule has 1 heterocycles. The first kappa shape index (κ1) is 20.1. The maximum atomic E-state index is 9.90. The Hall–Kier alpha value is -2.62. The SMILES string of the molecule is CCN(CC)SNc1cccc(-c2c(C#N)c3ccc(OC)cc3n2CC)c1. The van der Waals surface area contributed by atoms with Gasteiger partial charge >= 0.3 is 0 Å². The summed E-state index contributed by atoms with van der Waals surface area (Å²) in [6.07, 6.45) is 0. The highest BCUT2D eigenvalue weighted by Crippen LogP contribution is 2.36. The molecule has 5 nitrogen and oxygen atoms in total. The second-order valence-electron chi connectivity index (χ2n) is 6.35. The molecule has 6 heteroatoms. The van der Waals surface area contributed by atoms with E-state index in [0.29, 0.717) is 5.56 Å². The Morgan fingerprint density at radius 2 is 1.93 bits per heavy atom. The van der Waals surface area contributed by atoms with Crippen LogP contribution in [0.2, 0.25) is 0 Å². The minimum atomic E-state index is 0.702. The van der Waals surface area contributed by atoms with E-state index in [1.54, 1.807) is 19.2 Å². The summed E-state index contributed by atoms with van der Waals surface area (Å²) in [5.74, 6) is 0.793. The maximum absolute atomic E-state index is 9.90. The molecule has 146 valence electrons. The third-order valence-electron chi connectivity index (χ3n) is 4.83. The number of nitrogens with zero attached hydrogens (tertiary/aromatic N) is 3. The molecule has 0 saturated heterocycles. The summed E-state index contributed by atoms with van der Waals surface area (Å²) in [4.78, 5) is 0. The van der Waals surface area contributed by atoms with Crippen LogP contribution in [-0.2, 0) is 6.54 Å². The molecule has 0 spiro atoms. The van der Waals surface area contributed by atoms with Crippen LogP contribution in [0.4, 0.5) is 5.69 Å². The van der Waals surface area contributed by atoms with E-state index < -0.39 is 0 Å². The van der Waals surface area contributed by atoms with Gasteiger partial charge in [-0.3, -0.25) is 0 Å². The van der Waals surface area contributed by atoms with Crippen LogP contribution in [0.15, 0.2) is 42.5 Å². The van der Waals surface area contributed by atoms with Crippen LogP contribution in [0.1, 0.15) is 26.3 Å². The largest absolute Gasteiger partial charge is 0.497 e. The Bertz CT molecular complexity index is 1000. The van der Waals surface area contributed by atoms with E-state index >= 15 is 0 Å². The molecule has 0 fully saturated rings. The number of hydrogen-bond acceptors (Lipinski definition) is 5. The lowest BCUT2D eigenvalue weighted by atomic mass is 10.1. The van der Waals surface area contributed by atoms with Gasteiger partial charge in [0.1, 0.15) is 11.8 Å². The van der Waals surface area contributed by atoms with Crippen LogP contribution in [-0.4, -0.2) is 29.1 Å². The summed E-state index contributed by atoms with van der Waals surface area (Å²) >= 11 is 1.60. The van der Waals surface area contributed by atoms with Gasteiger partial charge in [0, 0.05) is 54.5 Å². The van der Waals surface area contributed by atoms with Gasteiger partial charge in [0.2, 0.25) is 0 Å². The fraction of sp³-hybridized carbons (Fsp3) is 0.318. The Morgan fingerprint density at radius 1 is 1.14 bits per heavy atom. The monoisotopic (exact) mass is 394 g/mol. The second kappa shape index (κ2) is 9.05. The lowest BCUT2D eigenvalue weighted by Crippen LogP contribution is -2.16. The Kier molecular flexibility index (Phi) is 6.50. The number of ether oxygens (including phenoxy) is 1. The molecule has 2 aromatic carbocycles. The van der Waals surface area contributed by atoms with Crippen LogP contribution in [0.25, 0.3) is 22.2 Å². The van der Waals surface area contributed by atoms with Crippen LogP contribution in [0.3, 0.4) is 0 Å². The van der Waals surface area contributed by atoms with Crippen molar-refractivity contribution in [1.29, 1.82) is 5.26 Å². The fourth-order valence-electron chi connectivity index (χ4n) is 3.40. The van der Waals surface area contributed by atoms with Gasteiger partial charge in [0.05, 0.1) is 23.9 Å². The normalized spacial score (nSPS) is 11.0. The average Bonchev–Trinajstić information content (AvgIpc) is 3.07. The molecule has 3 rings (SSSR count). The summed E-state index contributed by atoms with van der Waals surface area (Å²) in [6.45, 7) is 9.09. The van der Waals surface area contributed by atoms with Gasteiger partial charge < -0.3 is 14.0 Å². The Labute approximate surface area is 171 Å². The molecule has 0 bridgehead atoms. The third kappa shape index (κ3) is 3.82. The van der Waals surface area contributed by atoms with Gasteiger partial charge in [0.15, 0.2) is 0 Å². The molecule has 0 saturated carbocycles. The van der Waals surface area contributed by atoms with Crippen molar-refractivity contribution < 1.29 is 4.74 Å². The van der Waals surface area contributed by atoms with E-state index in [1.807, 2.05) is 30.3 Å². The zero-order chi connectivity index (χ0) is 20.1. The molecule has 0 unspecified atom stereocenters. The molecule has 0 amide bonds. The van der Waals surface area contributed by atoms with Crippen molar-refractivity contribution in [2.45, 2.75) is 27.3 Å². The number of aryl methyl sites for hydroxylation is 1. The molecule has 0 radical (unpaired) electrons. The van der Waals surface area contributed by atoms with Gasteiger partial charge in [0.25, 0.3) is 0 Å². The van der Waals surface area contributed by atoms with E-state index in [4.69, 9.17) is 4.74 Å². The molecule has 0 aliphatic heterocycles.